The smallest absolute Gasteiger partial charge is 0.234 e. The lowest BCUT2D eigenvalue weighted by molar-refractivity contribution is -0.113. The van der Waals surface area contributed by atoms with Gasteiger partial charge in [-0.1, -0.05) is 52.0 Å². The maximum atomic E-state index is 12.4. The van der Waals surface area contributed by atoms with E-state index in [4.69, 9.17) is 0 Å². The molecule has 0 aliphatic rings. The van der Waals surface area contributed by atoms with Gasteiger partial charge >= 0.3 is 0 Å². The van der Waals surface area contributed by atoms with Crippen LogP contribution in [0.4, 0.5) is 5.69 Å². The topological polar surface area (TPSA) is 59.8 Å². The summed E-state index contributed by atoms with van der Waals surface area (Å²) >= 11 is 4.84. The Morgan fingerprint density at radius 3 is 2.59 bits per heavy atom. The predicted molar refractivity (Wildman–Crippen MR) is 114 cm³/mol. The van der Waals surface area contributed by atoms with E-state index in [9.17, 15) is 4.79 Å². The van der Waals surface area contributed by atoms with Crippen molar-refractivity contribution in [1.82, 2.24) is 14.8 Å². The number of halogens is 1. The number of aryl methyl sites for hydroxylation is 1. The van der Waals surface area contributed by atoms with Gasteiger partial charge < -0.3 is 9.88 Å². The highest BCUT2D eigenvalue weighted by molar-refractivity contribution is 9.10. The van der Waals surface area contributed by atoms with Crippen LogP contribution < -0.4 is 5.32 Å². The Kier molecular flexibility index (Phi) is 6.34. The van der Waals surface area contributed by atoms with Crippen molar-refractivity contribution in [3.63, 3.8) is 0 Å². The third-order valence-corrected chi connectivity index (χ3v) is 5.84. The van der Waals surface area contributed by atoms with E-state index < -0.39 is 0 Å². The Balaban J connectivity index is 1.70. The molecule has 5 nitrogen and oxygen atoms in total. The van der Waals surface area contributed by atoms with Crippen LogP contribution in [0.5, 0.6) is 0 Å². The van der Waals surface area contributed by atoms with E-state index in [1.807, 2.05) is 67.8 Å². The maximum Gasteiger partial charge on any atom is 0.234 e. The summed E-state index contributed by atoms with van der Waals surface area (Å²) in [6, 6.07) is 13.9. The summed E-state index contributed by atoms with van der Waals surface area (Å²) in [6.07, 6.45) is 0. The minimum absolute atomic E-state index is 0.0513. The normalized spacial score (nSPS) is 10.8. The van der Waals surface area contributed by atoms with Crippen LogP contribution in [-0.2, 0) is 11.3 Å². The van der Waals surface area contributed by atoms with Gasteiger partial charge in [0, 0.05) is 22.3 Å². The summed E-state index contributed by atoms with van der Waals surface area (Å²) in [6.45, 7) is 6.83. The van der Waals surface area contributed by atoms with E-state index in [1.165, 1.54) is 11.8 Å². The number of carbonyl (C=O) groups is 1. The molecular formula is C20H21BrN4OS. The molecule has 0 unspecified atom stereocenters. The summed E-state index contributed by atoms with van der Waals surface area (Å²) in [5, 5.41) is 12.3. The number of thioether (sulfide) groups is 1. The molecule has 0 fully saturated rings. The molecule has 1 aromatic heterocycles. The van der Waals surface area contributed by atoms with Gasteiger partial charge in [-0.05, 0) is 50.1 Å². The van der Waals surface area contributed by atoms with Gasteiger partial charge in [0.15, 0.2) is 11.0 Å². The third-order valence-electron chi connectivity index (χ3n) is 4.35. The van der Waals surface area contributed by atoms with Gasteiger partial charge in [0.2, 0.25) is 5.91 Å². The van der Waals surface area contributed by atoms with E-state index in [1.54, 1.807) is 0 Å². The summed E-state index contributed by atoms with van der Waals surface area (Å²) in [7, 11) is 0. The molecule has 0 radical (unpaired) electrons. The molecule has 0 atom stereocenters. The Morgan fingerprint density at radius 2 is 1.89 bits per heavy atom. The van der Waals surface area contributed by atoms with Crippen LogP contribution >= 0.6 is 27.7 Å². The minimum Gasteiger partial charge on any atom is -0.325 e. The van der Waals surface area contributed by atoms with Crippen molar-refractivity contribution in [2.75, 3.05) is 11.1 Å². The summed E-state index contributed by atoms with van der Waals surface area (Å²) in [4.78, 5) is 12.4. The molecule has 140 valence electrons. The molecule has 27 heavy (non-hydrogen) atoms. The molecule has 0 aliphatic carbocycles. The quantitative estimate of drug-likeness (QED) is 0.538. The molecular weight excluding hydrogens is 424 g/mol. The van der Waals surface area contributed by atoms with E-state index >= 15 is 0 Å². The van der Waals surface area contributed by atoms with Crippen molar-refractivity contribution in [2.24, 2.45) is 0 Å². The van der Waals surface area contributed by atoms with Crippen molar-refractivity contribution in [2.45, 2.75) is 32.5 Å². The van der Waals surface area contributed by atoms with Crippen molar-refractivity contribution < 1.29 is 4.79 Å². The fraction of sp³-hybridized carbons (Fsp3) is 0.250. The molecule has 2 aromatic carbocycles. The molecule has 0 spiro atoms. The molecule has 0 bridgehead atoms. The second-order valence-corrected chi connectivity index (χ2v) is 8.00. The number of nitrogens with zero attached hydrogens (tertiary/aromatic N) is 3. The van der Waals surface area contributed by atoms with E-state index in [2.05, 4.69) is 31.4 Å². The lowest BCUT2D eigenvalue weighted by atomic mass is 10.1. The van der Waals surface area contributed by atoms with Crippen molar-refractivity contribution in [3.8, 4) is 11.4 Å². The van der Waals surface area contributed by atoms with Crippen molar-refractivity contribution >= 4 is 39.3 Å². The van der Waals surface area contributed by atoms with Crippen LogP contribution in [-0.4, -0.2) is 26.4 Å². The largest absolute Gasteiger partial charge is 0.325 e. The number of amides is 1. The second kappa shape index (κ2) is 8.71. The van der Waals surface area contributed by atoms with Crippen LogP contribution in [0.25, 0.3) is 11.4 Å². The fourth-order valence-corrected chi connectivity index (χ4v) is 3.76. The van der Waals surface area contributed by atoms with E-state index in [-0.39, 0.29) is 11.7 Å². The second-order valence-electron chi connectivity index (χ2n) is 6.14. The first-order valence-corrected chi connectivity index (χ1v) is 10.5. The number of benzene rings is 2. The van der Waals surface area contributed by atoms with Crippen molar-refractivity contribution in [3.05, 3.63) is 58.1 Å². The van der Waals surface area contributed by atoms with Gasteiger partial charge in [-0.15, -0.1) is 10.2 Å². The number of carbonyl (C=O) groups excluding carboxylic acids is 1. The molecule has 1 amide bonds. The first kappa shape index (κ1) is 19.6. The zero-order valence-electron chi connectivity index (χ0n) is 15.5. The summed E-state index contributed by atoms with van der Waals surface area (Å²) in [5.41, 5.74) is 4.10. The van der Waals surface area contributed by atoms with E-state index in [0.29, 0.717) is 0 Å². The Labute approximate surface area is 171 Å². The Morgan fingerprint density at radius 1 is 1.15 bits per heavy atom. The molecule has 3 aromatic rings. The third kappa shape index (κ3) is 4.59. The molecule has 0 saturated carbocycles. The first-order chi connectivity index (χ1) is 13.0. The average molecular weight is 445 g/mol. The van der Waals surface area contributed by atoms with Gasteiger partial charge in [0.25, 0.3) is 0 Å². The molecule has 3 rings (SSSR count). The zero-order chi connectivity index (χ0) is 19.4. The van der Waals surface area contributed by atoms with Crippen LogP contribution in [0.3, 0.4) is 0 Å². The lowest BCUT2D eigenvalue weighted by Gasteiger charge is -2.10. The highest BCUT2D eigenvalue weighted by atomic mass is 79.9. The van der Waals surface area contributed by atoms with E-state index in [0.717, 1.165) is 44.4 Å². The maximum absolute atomic E-state index is 12.4. The number of rotatable bonds is 6. The Bertz CT molecular complexity index is 953. The number of hydrogen-bond donors (Lipinski definition) is 1. The molecule has 7 heteroatoms. The zero-order valence-corrected chi connectivity index (χ0v) is 17.9. The van der Waals surface area contributed by atoms with Crippen LogP contribution in [0.15, 0.2) is 52.1 Å². The molecule has 0 aliphatic heterocycles. The monoisotopic (exact) mass is 444 g/mol. The summed E-state index contributed by atoms with van der Waals surface area (Å²) in [5.74, 6) is 1.04. The molecule has 1 heterocycles. The molecule has 0 saturated heterocycles. The van der Waals surface area contributed by atoms with Crippen LogP contribution in [0.2, 0.25) is 0 Å². The number of nitrogens with one attached hydrogen (secondary N) is 1. The standard InChI is InChI=1S/C20H21BrN4OS/c1-4-25-19(15-8-10-16(21)11-9-15)23-24-20(25)27-12-18(26)22-17-7-5-6-13(2)14(17)3/h5-11H,4,12H2,1-3H3,(H,22,26). The number of aromatic nitrogens is 3. The SMILES string of the molecule is CCn1c(SCC(=O)Nc2cccc(C)c2C)nnc1-c1ccc(Br)cc1. The van der Waals surface area contributed by atoms with Crippen LogP contribution in [0, 0.1) is 13.8 Å². The first-order valence-electron chi connectivity index (χ1n) is 8.67. The Hall–Kier alpha value is -2.12. The highest BCUT2D eigenvalue weighted by Gasteiger charge is 2.15. The number of anilines is 1. The van der Waals surface area contributed by atoms with Gasteiger partial charge in [0.05, 0.1) is 5.75 Å². The fourth-order valence-electron chi connectivity index (χ4n) is 2.70. The number of hydrogen-bond acceptors (Lipinski definition) is 4. The summed E-state index contributed by atoms with van der Waals surface area (Å²) < 4.78 is 3.05. The van der Waals surface area contributed by atoms with Gasteiger partial charge in [-0.3, -0.25) is 4.79 Å². The van der Waals surface area contributed by atoms with Gasteiger partial charge in [-0.25, -0.2) is 0 Å². The average Bonchev–Trinajstić information content (AvgIpc) is 3.07. The van der Waals surface area contributed by atoms with Crippen LogP contribution in [0.1, 0.15) is 18.1 Å². The van der Waals surface area contributed by atoms with Gasteiger partial charge in [0.1, 0.15) is 0 Å². The highest BCUT2D eigenvalue weighted by Crippen LogP contribution is 2.25. The molecule has 1 N–H and O–H groups in total. The van der Waals surface area contributed by atoms with Gasteiger partial charge in [-0.2, -0.15) is 0 Å². The minimum atomic E-state index is -0.0513. The van der Waals surface area contributed by atoms with Crippen molar-refractivity contribution in [1.29, 1.82) is 0 Å². The lowest BCUT2D eigenvalue weighted by Crippen LogP contribution is -2.15. The predicted octanol–water partition coefficient (Wildman–Crippen LogP) is 5.08.